The molecule has 10 nitrogen and oxygen atoms in total. The Morgan fingerprint density at radius 3 is 1.17 bits per heavy atom. The number of hydrogen-bond acceptors (Lipinski definition) is 8. The van der Waals surface area contributed by atoms with E-state index in [1.54, 1.807) is 0 Å². The average Bonchev–Trinajstić information content (AvgIpc) is 1.24. The topological polar surface area (TPSA) is 92.0 Å². The fraction of sp³-hybridized carbons (Fsp3) is 0.0816. The van der Waals surface area contributed by atoms with Gasteiger partial charge in [0.05, 0.1) is 44.8 Å². The van der Waals surface area contributed by atoms with Gasteiger partial charge in [0.2, 0.25) is 0 Å². The molecule has 0 bridgehead atoms. The molecule has 532 valence electrons. The molecule has 111 heavy (non-hydrogen) atoms. The van der Waals surface area contributed by atoms with E-state index in [1.165, 1.54) is 115 Å². The van der Waals surface area contributed by atoms with Crippen LogP contribution in [0.1, 0.15) is 47.2 Å². The van der Waals surface area contributed by atoms with Crippen molar-refractivity contribution >= 4 is 148 Å². The van der Waals surface area contributed by atoms with E-state index >= 15 is 0 Å². The van der Waals surface area contributed by atoms with Gasteiger partial charge in [-0.2, -0.15) is 0 Å². The van der Waals surface area contributed by atoms with Crippen molar-refractivity contribution in [3.05, 3.63) is 359 Å². The molecule has 0 spiro atoms. The zero-order valence-corrected chi connectivity index (χ0v) is 64.8. The van der Waals surface area contributed by atoms with Crippen molar-refractivity contribution in [2.45, 2.75) is 54.4 Å². The van der Waals surface area contributed by atoms with Crippen LogP contribution in [0.3, 0.4) is 0 Å². The van der Waals surface area contributed by atoms with Gasteiger partial charge < -0.3 is 20.4 Å². The second kappa shape index (κ2) is 28.6. The molecule has 17 aromatic rings. The number of rotatable bonds is 10. The van der Waals surface area contributed by atoms with Crippen molar-refractivity contribution in [1.82, 2.24) is 29.1 Å². The summed E-state index contributed by atoms with van der Waals surface area (Å²) in [6.07, 6.45) is 5.64. The first-order chi connectivity index (χ1) is 54.5. The third-order valence-corrected chi connectivity index (χ3v) is 23.1. The zero-order valence-electron chi connectivity index (χ0n) is 62.6. The Labute approximate surface area is 662 Å². The lowest BCUT2D eigenvalue weighted by atomic mass is 9.33. The fourth-order valence-electron chi connectivity index (χ4n) is 17.3. The molecule has 0 aliphatic carbocycles. The van der Waals surface area contributed by atoms with E-state index in [0.29, 0.717) is 0 Å². The highest BCUT2D eigenvalue weighted by Crippen LogP contribution is 2.47. The SMILES string of the molecule is CCc1cc2c3c(c1)N(c1ccccc1)c1ccc(-c4nc5ccccc5n4-c4c(C)cccc4C)cc1B3c1cc(-c3ccccn3)ccc1N2c1ccccc1.CCc1cc2c3c(c1)Nc1ccc(-c4nc5ccccc5n4-c4c(C)cccc4C)cc1B3c1cc(-c3ccccn3)ccc1N2.Ic1ccccc1. The Kier molecular flexibility index (Phi) is 17.7. The molecule has 0 amide bonds. The summed E-state index contributed by atoms with van der Waals surface area (Å²) in [7, 11) is 0. The summed E-state index contributed by atoms with van der Waals surface area (Å²) in [4.78, 5) is 25.1. The Morgan fingerprint density at radius 2 is 0.721 bits per heavy atom. The van der Waals surface area contributed by atoms with Crippen LogP contribution in [0.15, 0.2) is 322 Å². The van der Waals surface area contributed by atoms with Crippen molar-refractivity contribution in [3.63, 3.8) is 0 Å². The van der Waals surface area contributed by atoms with Crippen LogP contribution in [0.5, 0.6) is 0 Å². The van der Waals surface area contributed by atoms with Crippen molar-refractivity contribution in [2.24, 2.45) is 0 Å². The first kappa shape index (κ1) is 68.7. The number of para-hydroxylation sites is 8. The second-order valence-corrected chi connectivity index (χ2v) is 30.4. The lowest BCUT2D eigenvalue weighted by Gasteiger charge is -2.44. The van der Waals surface area contributed by atoms with Crippen molar-refractivity contribution < 1.29 is 0 Å². The van der Waals surface area contributed by atoms with Crippen molar-refractivity contribution in [2.75, 3.05) is 20.4 Å². The van der Waals surface area contributed by atoms with Crippen LogP contribution in [-0.4, -0.2) is 42.5 Å². The Balaban J connectivity index is 0.000000141. The summed E-state index contributed by atoms with van der Waals surface area (Å²) < 4.78 is 6.01. The molecule has 8 heterocycles. The van der Waals surface area contributed by atoms with Crippen LogP contribution >= 0.6 is 22.6 Å². The molecule has 13 heteroatoms. The van der Waals surface area contributed by atoms with E-state index in [-0.39, 0.29) is 13.4 Å². The number of imidazole rings is 2. The monoisotopic (exact) mass is 1540 g/mol. The number of fused-ring (bicyclic) bond motifs is 10. The normalized spacial score (nSPS) is 12.4. The van der Waals surface area contributed by atoms with Crippen molar-refractivity contribution in [3.8, 4) is 56.7 Å². The van der Waals surface area contributed by atoms with Gasteiger partial charge in [0.15, 0.2) is 0 Å². The third-order valence-electron chi connectivity index (χ3n) is 22.4. The summed E-state index contributed by atoms with van der Waals surface area (Å²) in [5, 5.41) is 7.62. The van der Waals surface area contributed by atoms with Gasteiger partial charge in [0, 0.05) is 84.0 Å². The van der Waals surface area contributed by atoms with E-state index in [4.69, 9.17) is 15.0 Å². The van der Waals surface area contributed by atoms with E-state index in [0.717, 1.165) is 103 Å². The van der Waals surface area contributed by atoms with Gasteiger partial charge in [0.1, 0.15) is 11.6 Å². The molecule has 13 aromatic carbocycles. The Morgan fingerprint density at radius 1 is 0.333 bits per heavy atom. The van der Waals surface area contributed by atoms with Gasteiger partial charge in [-0.05, 0) is 286 Å². The minimum Gasteiger partial charge on any atom is -0.356 e. The maximum Gasteiger partial charge on any atom is 0.252 e. The molecular weight excluding hydrogens is 1470 g/mol. The Hall–Kier alpha value is -12.8. The summed E-state index contributed by atoms with van der Waals surface area (Å²) in [5.41, 5.74) is 39.6. The summed E-state index contributed by atoms with van der Waals surface area (Å²) in [6, 6.07) is 111. The molecule has 0 atom stereocenters. The van der Waals surface area contributed by atoms with Gasteiger partial charge in [-0.1, -0.05) is 178 Å². The Bertz CT molecular complexity index is 6390. The first-order valence-corrected chi connectivity index (χ1v) is 39.4. The van der Waals surface area contributed by atoms with Crippen LogP contribution < -0.4 is 53.2 Å². The molecule has 0 radical (unpaired) electrons. The third kappa shape index (κ3) is 12.1. The summed E-state index contributed by atoms with van der Waals surface area (Å²) in [6.45, 7) is 13.2. The molecule has 4 aromatic heterocycles. The largest absolute Gasteiger partial charge is 0.356 e. The number of benzene rings is 13. The minimum absolute atomic E-state index is 0.0463. The standard InChI is InChI=1S/C52H40BN5.C40H32BN5.C6H5I/c1-4-36-30-48-50-49(31-36)57(40-20-9-6-10-21-40)46-28-26-38(52-55-44-23-11-12-24-47(44)58(52)51-34(2)16-15-17-35(51)3)33-42(46)53(50)41-32-37(43-22-13-14-29-54-43)25-27-45(41)56(48)39-18-7-5-8-19-39;1-4-26-20-35-38-36(21-26)44-33-18-16-28(40-45-34-13-5-6-14-37(34)46(40)39-24(2)10-9-11-25(39)3)23-30(33)41(38)29-22-27(15-17-32(29)43-35)31-12-7-8-19-42-31;7-6-4-2-1-3-5-6/h5-33H,4H2,1-3H3;5-23,43-44H,4H2,1-3H3;1-5H. The second-order valence-electron chi connectivity index (χ2n) is 29.2. The molecular formula is C98H77B2IN10. The maximum absolute atomic E-state index is 5.40. The predicted octanol–water partition coefficient (Wildman–Crippen LogP) is 20.9. The zero-order chi connectivity index (χ0) is 75.0. The van der Waals surface area contributed by atoms with Gasteiger partial charge in [0.25, 0.3) is 13.4 Å². The highest BCUT2D eigenvalue weighted by atomic mass is 127. The van der Waals surface area contributed by atoms with E-state index in [9.17, 15) is 0 Å². The van der Waals surface area contributed by atoms with E-state index in [1.807, 2.05) is 48.8 Å². The molecule has 4 aliphatic rings. The molecule has 0 saturated carbocycles. The molecule has 0 saturated heterocycles. The van der Waals surface area contributed by atoms with Crippen LogP contribution in [0.25, 0.3) is 78.7 Å². The van der Waals surface area contributed by atoms with Gasteiger partial charge in [-0.3, -0.25) is 19.1 Å². The lowest BCUT2D eigenvalue weighted by Crippen LogP contribution is -2.61. The summed E-state index contributed by atoms with van der Waals surface area (Å²) >= 11 is 2.28. The lowest BCUT2D eigenvalue weighted by molar-refractivity contribution is 1.06. The molecule has 4 aliphatic heterocycles. The van der Waals surface area contributed by atoms with Crippen LogP contribution in [0.2, 0.25) is 0 Å². The number of nitrogens with one attached hydrogen (secondary N) is 2. The minimum atomic E-state index is -0.0672. The predicted molar refractivity (Wildman–Crippen MR) is 474 cm³/mol. The fourth-order valence-corrected chi connectivity index (χ4v) is 17.7. The smallest absolute Gasteiger partial charge is 0.252 e. The number of pyridine rings is 2. The van der Waals surface area contributed by atoms with E-state index < -0.39 is 0 Å². The first-order valence-electron chi connectivity index (χ1n) is 38.3. The summed E-state index contributed by atoms with van der Waals surface area (Å²) in [5.74, 6) is 1.88. The highest BCUT2D eigenvalue weighted by molar-refractivity contribution is 14.1. The molecule has 2 N–H and O–H groups in total. The van der Waals surface area contributed by atoms with Crippen LogP contribution in [-0.2, 0) is 12.8 Å². The van der Waals surface area contributed by atoms with Crippen LogP contribution in [0, 0.1) is 31.3 Å². The van der Waals surface area contributed by atoms with Gasteiger partial charge >= 0.3 is 0 Å². The average molecular weight is 1540 g/mol. The quantitative estimate of drug-likeness (QED) is 0.103. The number of hydrogen-bond donors (Lipinski definition) is 2. The number of halogens is 1. The van der Waals surface area contributed by atoms with Crippen molar-refractivity contribution in [1.29, 1.82) is 0 Å². The number of aryl methyl sites for hydroxylation is 6. The molecule has 21 rings (SSSR count). The number of nitrogens with zero attached hydrogens (tertiary/aromatic N) is 8. The molecule has 0 unspecified atom stereocenters. The van der Waals surface area contributed by atoms with E-state index in [2.05, 4.69) is 372 Å². The maximum atomic E-state index is 5.40. The number of aromatic nitrogens is 6. The van der Waals surface area contributed by atoms with Gasteiger partial charge in [-0.15, -0.1) is 0 Å². The number of anilines is 10. The molecule has 0 fully saturated rings. The highest BCUT2D eigenvalue weighted by Gasteiger charge is 2.45. The van der Waals surface area contributed by atoms with Gasteiger partial charge in [-0.25, -0.2) is 9.97 Å². The van der Waals surface area contributed by atoms with Crippen LogP contribution in [0.4, 0.5) is 56.9 Å².